The van der Waals surface area contributed by atoms with E-state index >= 15 is 0 Å². The van der Waals surface area contributed by atoms with Crippen LogP contribution in [0.1, 0.15) is 45.4 Å². The molecule has 3 amide bonds. The van der Waals surface area contributed by atoms with Gasteiger partial charge in [0.1, 0.15) is 6.04 Å². The van der Waals surface area contributed by atoms with E-state index in [0.717, 1.165) is 51.6 Å². The lowest BCUT2D eigenvalue weighted by atomic mass is 9.95. The number of carbonyl (C=O) groups is 3. The molecule has 0 aromatic heterocycles. The number of amides is 3. The summed E-state index contributed by atoms with van der Waals surface area (Å²) in [4.78, 5) is 40.7. The summed E-state index contributed by atoms with van der Waals surface area (Å²) < 4.78 is 0. The first-order valence-electron chi connectivity index (χ1n) is 9.62. The van der Waals surface area contributed by atoms with Crippen molar-refractivity contribution in [2.75, 3.05) is 32.7 Å². The van der Waals surface area contributed by atoms with Gasteiger partial charge in [-0.3, -0.25) is 14.4 Å². The third-order valence-corrected chi connectivity index (χ3v) is 5.77. The number of piperidine rings is 1. The molecule has 8 heteroatoms. The Kier molecular flexibility index (Phi) is 7.70. The molecule has 2 heterocycles. The number of rotatable bonds is 4. The van der Waals surface area contributed by atoms with Crippen molar-refractivity contribution >= 4 is 30.1 Å². The zero-order chi connectivity index (χ0) is 17.8. The van der Waals surface area contributed by atoms with E-state index in [4.69, 9.17) is 0 Å². The highest BCUT2D eigenvalue weighted by Gasteiger charge is 2.37. The molecular formula is C18H31ClN4O3. The molecular weight excluding hydrogens is 356 g/mol. The van der Waals surface area contributed by atoms with Crippen LogP contribution in [0.4, 0.5) is 0 Å². The number of carbonyl (C=O) groups excluding carboxylic acids is 3. The zero-order valence-electron chi connectivity index (χ0n) is 15.5. The Hall–Kier alpha value is -1.34. The topological polar surface area (TPSA) is 81.8 Å². The van der Waals surface area contributed by atoms with Crippen molar-refractivity contribution in [2.24, 2.45) is 5.92 Å². The van der Waals surface area contributed by atoms with Gasteiger partial charge in [0.25, 0.3) is 0 Å². The van der Waals surface area contributed by atoms with Crippen LogP contribution in [0.15, 0.2) is 0 Å². The van der Waals surface area contributed by atoms with Gasteiger partial charge in [0, 0.05) is 39.1 Å². The summed E-state index contributed by atoms with van der Waals surface area (Å²) in [5.74, 6) is 0.267. The van der Waals surface area contributed by atoms with Gasteiger partial charge in [0.2, 0.25) is 17.7 Å². The predicted octanol–water partition coefficient (Wildman–Crippen LogP) is 0.526. The van der Waals surface area contributed by atoms with Gasteiger partial charge in [0.05, 0.1) is 6.54 Å². The van der Waals surface area contributed by atoms with Gasteiger partial charge in [0.15, 0.2) is 0 Å². The van der Waals surface area contributed by atoms with Gasteiger partial charge in [-0.1, -0.05) is 12.8 Å². The normalized spacial score (nSPS) is 25.6. The first-order chi connectivity index (χ1) is 12.1. The van der Waals surface area contributed by atoms with Crippen LogP contribution < -0.4 is 10.6 Å². The second-order valence-electron chi connectivity index (χ2n) is 7.57. The van der Waals surface area contributed by atoms with Gasteiger partial charge < -0.3 is 20.4 Å². The Labute approximate surface area is 161 Å². The smallest absolute Gasteiger partial charge is 0.245 e. The molecule has 2 unspecified atom stereocenters. The van der Waals surface area contributed by atoms with Gasteiger partial charge in [-0.2, -0.15) is 0 Å². The van der Waals surface area contributed by atoms with E-state index < -0.39 is 6.04 Å². The van der Waals surface area contributed by atoms with E-state index in [1.54, 1.807) is 0 Å². The molecule has 2 atom stereocenters. The van der Waals surface area contributed by atoms with E-state index in [1.165, 1.54) is 6.92 Å². The summed E-state index contributed by atoms with van der Waals surface area (Å²) in [5, 5.41) is 6.00. The molecule has 3 rings (SSSR count). The van der Waals surface area contributed by atoms with Crippen molar-refractivity contribution in [2.45, 2.75) is 57.5 Å². The van der Waals surface area contributed by atoms with Crippen molar-refractivity contribution in [1.82, 2.24) is 20.4 Å². The Morgan fingerprint density at radius 3 is 2.54 bits per heavy atom. The molecule has 1 aliphatic carbocycles. The van der Waals surface area contributed by atoms with Crippen LogP contribution in [-0.2, 0) is 14.4 Å². The van der Waals surface area contributed by atoms with Crippen molar-refractivity contribution < 1.29 is 14.4 Å². The summed E-state index contributed by atoms with van der Waals surface area (Å²) in [6.07, 6.45) is 6.13. The molecule has 2 aliphatic heterocycles. The van der Waals surface area contributed by atoms with E-state index in [-0.39, 0.29) is 42.1 Å². The summed E-state index contributed by atoms with van der Waals surface area (Å²) >= 11 is 0. The number of nitrogens with zero attached hydrogens (tertiary/aromatic N) is 2. The van der Waals surface area contributed by atoms with E-state index in [0.29, 0.717) is 19.6 Å². The summed E-state index contributed by atoms with van der Waals surface area (Å²) in [5.41, 5.74) is 0. The molecule has 7 nitrogen and oxygen atoms in total. The van der Waals surface area contributed by atoms with Crippen LogP contribution in [-0.4, -0.2) is 72.3 Å². The number of hydrogen-bond acceptors (Lipinski definition) is 4. The number of halogens is 1. The molecule has 0 aromatic rings. The fraction of sp³-hybridized carbons (Fsp3) is 0.833. The maximum atomic E-state index is 13.1. The maximum Gasteiger partial charge on any atom is 0.245 e. The molecule has 3 fully saturated rings. The molecule has 26 heavy (non-hydrogen) atoms. The fourth-order valence-corrected chi connectivity index (χ4v) is 4.50. The van der Waals surface area contributed by atoms with Crippen LogP contribution in [0.2, 0.25) is 0 Å². The number of piperazine rings is 1. The zero-order valence-corrected chi connectivity index (χ0v) is 16.4. The number of likely N-dealkylation sites (tertiary alicyclic amines) is 1. The second-order valence-corrected chi connectivity index (χ2v) is 7.57. The van der Waals surface area contributed by atoms with Crippen LogP contribution in [0, 0.1) is 5.92 Å². The van der Waals surface area contributed by atoms with Crippen LogP contribution in [0.25, 0.3) is 0 Å². The second kappa shape index (κ2) is 9.55. The molecule has 1 saturated carbocycles. The highest BCUT2D eigenvalue weighted by molar-refractivity contribution is 5.87. The van der Waals surface area contributed by atoms with Gasteiger partial charge >= 0.3 is 0 Å². The van der Waals surface area contributed by atoms with E-state index in [2.05, 4.69) is 10.6 Å². The average molecular weight is 387 g/mol. The van der Waals surface area contributed by atoms with E-state index in [9.17, 15) is 14.4 Å². The summed E-state index contributed by atoms with van der Waals surface area (Å²) in [7, 11) is 0. The monoisotopic (exact) mass is 386 g/mol. The Bertz CT molecular complexity index is 525. The summed E-state index contributed by atoms with van der Waals surface area (Å²) in [6.45, 7) is 4.70. The number of nitrogens with one attached hydrogen (secondary N) is 2. The Morgan fingerprint density at radius 2 is 1.88 bits per heavy atom. The third kappa shape index (κ3) is 4.88. The largest absolute Gasteiger partial charge is 0.344 e. The lowest BCUT2D eigenvalue weighted by molar-refractivity contribution is -0.143. The first-order valence-corrected chi connectivity index (χ1v) is 9.62. The van der Waals surface area contributed by atoms with Crippen molar-refractivity contribution in [3.8, 4) is 0 Å². The SMILES string of the molecule is CC(=O)NC(C(=O)N1CCCC(N2CCNCC2=O)C1)C1CCCC1.Cl. The minimum atomic E-state index is -0.405. The fourth-order valence-electron chi connectivity index (χ4n) is 4.50. The maximum absolute atomic E-state index is 13.1. The lowest BCUT2D eigenvalue weighted by Gasteiger charge is -2.42. The molecule has 0 bridgehead atoms. The molecule has 3 aliphatic rings. The minimum absolute atomic E-state index is 0. The van der Waals surface area contributed by atoms with Crippen molar-refractivity contribution in [1.29, 1.82) is 0 Å². The third-order valence-electron chi connectivity index (χ3n) is 5.77. The quantitative estimate of drug-likeness (QED) is 0.738. The van der Waals surface area contributed by atoms with E-state index in [1.807, 2.05) is 9.80 Å². The standard InChI is InChI=1S/C18H30N4O3.ClH/c1-13(23)20-17(14-5-2-3-6-14)18(25)21-9-4-7-15(12-21)22-10-8-19-11-16(22)24;/h14-15,17,19H,2-12H2,1H3,(H,20,23);1H. The highest BCUT2D eigenvalue weighted by atomic mass is 35.5. The molecule has 148 valence electrons. The Morgan fingerprint density at radius 1 is 1.15 bits per heavy atom. The summed E-state index contributed by atoms with van der Waals surface area (Å²) in [6, 6.07) is -0.300. The van der Waals surface area contributed by atoms with Gasteiger partial charge in [-0.05, 0) is 31.6 Å². The molecule has 2 saturated heterocycles. The van der Waals surface area contributed by atoms with Crippen LogP contribution in [0.3, 0.4) is 0 Å². The van der Waals surface area contributed by atoms with Gasteiger partial charge in [-0.25, -0.2) is 0 Å². The van der Waals surface area contributed by atoms with Gasteiger partial charge in [-0.15, -0.1) is 12.4 Å². The molecule has 2 N–H and O–H groups in total. The van der Waals surface area contributed by atoms with Crippen molar-refractivity contribution in [3.63, 3.8) is 0 Å². The molecule has 0 aromatic carbocycles. The van der Waals surface area contributed by atoms with Crippen LogP contribution in [0.5, 0.6) is 0 Å². The number of hydrogen-bond donors (Lipinski definition) is 2. The minimum Gasteiger partial charge on any atom is -0.344 e. The highest BCUT2D eigenvalue weighted by Crippen LogP contribution is 2.29. The Balaban J connectivity index is 0.00000243. The molecule has 0 radical (unpaired) electrons. The first kappa shape index (κ1) is 21.0. The van der Waals surface area contributed by atoms with Crippen molar-refractivity contribution in [3.05, 3.63) is 0 Å². The lowest BCUT2D eigenvalue weighted by Crippen LogP contribution is -2.60. The predicted molar refractivity (Wildman–Crippen MR) is 101 cm³/mol. The molecule has 0 spiro atoms. The average Bonchev–Trinajstić information content (AvgIpc) is 3.14. The van der Waals surface area contributed by atoms with Crippen LogP contribution >= 0.6 is 12.4 Å².